The number of benzene rings is 1. The fraction of sp³-hybridized carbons (Fsp3) is 0.100. The highest BCUT2D eigenvalue weighted by Crippen LogP contribution is 2.25. The van der Waals surface area contributed by atoms with Crippen LogP contribution in [0.2, 0.25) is 10.2 Å². The monoisotopic (exact) mass is 226 g/mol. The molecule has 0 atom stereocenters. The standard InChI is InChI=1S/C10H8Cl2N2/c11-8-3-1-2-6-4-7(5-13)10(12)14-9(6)8/h1-4H,5,13H2. The molecule has 1 aromatic carbocycles. The Kier molecular flexibility index (Phi) is 2.59. The number of rotatable bonds is 1. The predicted molar refractivity (Wildman–Crippen MR) is 59.7 cm³/mol. The Bertz CT molecular complexity index is 483. The first kappa shape index (κ1) is 9.71. The highest BCUT2D eigenvalue weighted by Gasteiger charge is 2.05. The highest BCUT2D eigenvalue weighted by atomic mass is 35.5. The molecule has 4 heteroatoms. The van der Waals surface area contributed by atoms with E-state index in [-0.39, 0.29) is 0 Å². The topological polar surface area (TPSA) is 38.9 Å². The lowest BCUT2D eigenvalue weighted by Gasteiger charge is -2.04. The van der Waals surface area contributed by atoms with Crippen LogP contribution in [0.3, 0.4) is 0 Å². The lowest BCUT2D eigenvalue weighted by atomic mass is 10.1. The Morgan fingerprint density at radius 2 is 2.07 bits per heavy atom. The summed E-state index contributed by atoms with van der Waals surface area (Å²) in [4.78, 5) is 4.20. The normalized spacial score (nSPS) is 10.8. The molecule has 0 fully saturated rings. The summed E-state index contributed by atoms with van der Waals surface area (Å²) in [6.07, 6.45) is 0. The average Bonchev–Trinajstić information content (AvgIpc) is 2.19. The third-order valence-corrected chi connectivity index (χ3v) is 2.67. The summed E-state index contributed by atoms with van der Waals surface area (Å²) >= 11 is 11.9. The molecule has 2 rings (SSSR count). The maximum atomic E-state index is 5.97. The van der Waals surface area contributed by atoms with Gasteiger partial charge in [-0.05, 0) is 12.1 Å². The molecule has 0 radical (unpaired) electrons. The second kappa shape index (κ2) is 3.73. The lowest BCUT2D eigenvalue weighted by molar-refractivity contribution is 1.06. The van der Waals surface area contributed by atoms with Gasteiger partial charge in [0.15, 0.2) is 0 Å². The molecule has 0 saturated heterocycles. The summed E-state index contributed by atoms with van der Waals surface area (Å²) in [6.45, 7) is 0.383. The first-order valence-electron chi connectivity index (χ1n) is 4.16. The Hall–Kier alpha value is -0.830. The Morgan fingerprint density at radius 1 is 1.29 bits per heavy atom. The van der Waals surface area contributed by atoms with E-state index >= 15 is 0 Å². The third-order valence-electron chi connectivity index (χ3n) is 2.04. The minimum atomic E-state index is 0.383. The van der Waals surface area contributed by atoms with Crippen molar-refractivity contribution in [2.75, 3.05) is 0 Å². The van der Waals surface area contributed by atoms with E-state index in [0.29, 0.717) is 16.7 Å². The van der Waals surface area contributed by atoms with Crippen molar-refractivity contribution in [2.24, 2.45) is 5.73 Å². The second-order valence-electron chi connectivity index (χ2n) is 2.95. The smallest absolute Gasteiger partial charge is 0.134 e. The quantitative estimate of drug-likeness (QED) is 0.760. The summed E-state index contributed by atoms with van der Waals surface area (Å²) in [5.74, 6) is 0. The van der Waals surface area contributed by atoms with Crippen LogP contribution >= 0.6 is 23.2 Å². The molecule has 14 heavy (non-hydrogen) atoms. The predicted octanol–water partition coefficient (Wildman–Crippen LogP) is 3.00. The number of pyridine rings is 1. The minimum Gasteiger partial charge on any atom is -0.326 e. The Balaban J connectivity index is 2.79. The van der Waals surface area contributed by atoms with Crippen molar-refractivity contribution in [3.8, 4) is 0 Å². The number of aromatic nitrogens is 1. The van der Waals surface area contributed by atoms with Crippen LogP contribution in [0.5, 0.6) is 0 Å². The number of halogens is 2. The number of nitrogens with two attached hydrogens (primary N) is 1. The number of hydrogen-bond donors (Lipinski definition) is 1. The molecule has 2 N–H and O–H groups in total. The van der Waals surface area contributed by atoms with Gasteiger partial charge in [0.25, 0.3) is 0 Å². The van der Waals surface area contributed by atoms with Crippen LogP contribution in [0.15, 0.2) is 24.3 Å². The van der Waals surface area contributed by atoms with Crippen LogP contribution in [0.1, 0.15) is 5.56 Å². The summed E-state index contributed by atoms with van der Waals surface area (Å²) in [6, 6.07) is 7.51. The zero-order valence-corrected chi connectivity index (χ0v) is 8.81. The molecule has 0 aliphatic rings. The zero-order valence-electron chi connectivity index (χ0n) is 7.30. The average molecular weight is 227 g/mol. The van der Waals surface area contributed by atoms with Crippen molar-refractivity contribution in [1.29, 1.82) is 0 Å². The second-order valence-corrected chi connectivity index (χ2v) is 3.72. The van der Waals surface area contributed by atoms with E-state index in [9.17, 15) is 0 Å². The van der Waals surface area contributed by atoms with Gasteiger partial charge in [0.1, 0.15) is 5.15 Å². The van der Waals surface area contributed by atoms with Crippen LogP contribution < -0.4 is 5.73 Å². The van der Waals surface area contributed by atoms with Gasteiger partial charge in [-0.15, -0.1) is 0 Å². The molecule has 72 valence electrons. The van der Waals surface area contributed by atoms with Gasteiger partial charge in [0.05, 0.1) is 10.5 Å². The van der Waals surface area contributed by atoms with Crippen molar-refractivity contribution in [2.45, 2.75) is 6.54 Å². The van der Waals surface area contributed by atoms with Gasteiger partial charge >= 0.3 is 0 Å². The molecular formula is C10H8Cl2N2. The van der Waals surface area contributed by atoms with Crippen LogP contribution in [0.25, 0.3) is 10.9 Å². The number of para-hydroxylation sites is 1. The van der Waals surface area contributed by atoms with E-state index in [1.54, 1.807) is 6.07 Å². The first-order chi connectivity index (χ1) is 6.72. The first-order valence-corrected chi connectivity index (χ1v) is 4.91. The molecule has 2 nitrogen and oxygen atoms in total. The van der Waals surface area contributed by atoms with E-state index in [0.717, 1.165) is 16.5 Å². The van der Waals surface area contributed by atoms with E-state index in [2.05, 4.69) is 4.98 Å². The largest absolute Gasteiger partial charge is 0.326 e. The molecule has 0 bridgehead atoms. The molecule has 0 unspecified atom stereocenters. The Morgan fingerprint density at radius 3 is 2.79 bits per heavy atom. The van der Waals surface area contributed by atoms with Crippen LogP contribution in [-0.4, -0.2) is 4.98 Å². The van der Waals surface area contributed by atoms with Gasteiger partial charge in [-0.25, -0.2) is 4.98 Å². The summed E-state index contributed by atoms with van der Waals surface area (Å²) in [5, 5.41) is 1.99. The van der Waals surface area contributed by atoms with Crippen LogP contribution in [0, 0.1) is 0 Å². The van der Waals surface area contributed by atoms with Crippen LogP contribution in [-0.2, 0) is 6.54 Å². The van der Waals surface area contributed by atoms with E-state index < -0.39 is 0 Å². The molecule has 0 saturated carbocycles. The molecule has 1 aromatic heterocycles. The summed E-state index contributed by atoms with van der Waals surface area (Å²) in [5.41, 5.74) is 7.08. The van der Waals surface area contributed by atoms with Gasteiger partial charge in [-0.3, -0.25) is 0 Å². The van der Waals surface area contributed by atoms with Gasteiger partial charge < -0.3 is 5.73 Å². The van der Waals surface area contributed by atoms with Crippen molar-refractivity contribution in [1.82, 2.24) is 4.98 Å². The molecule has 0 amide bonds. The van der Waals surface area contributed by atoms with Gasteiger partial charge in [-0.2, -0.15) is 0 Å². The molecule has 0 aliphatic carbocycles. The van der Waals surface area contributed by atoms with Crippen molar-refractivity contribution in [3.63, 3.8) is 0 Å². The van der Waals surface area contributed by atoms with Crippen molar-refractivity contribution >= 4 is 34.1 Å². The molecule has 2 aromatic rings. The van der Waals surface area contributed by atoms with Crippen molar-refractivity contribution in [3.05, 3.63) is 40.0 Å². The molecule has 0 aliphatic heterocycles. The van der Waals surface area contributed by atoms with Gasteiger partial charge in [-0.1, -0.05) is 35.3 Å². The lowest BCUT2D eigenvalue weighted by Crippen LogP contribution is -1.98. The maximum Gasteiger partial charge on any atom is 0.134 e. The fourth-order valence-electron chi connectivity index (χ4n) is 1.33. The number of hydrogen-bond acceptors (Lipinski definition) is 2. The molecule has 1 heterocycles. The minimum absolute atomic E-state index is 0.383. The molecule has 0 spiro atoms. The van der Waals surface area contributed by atoms with Gasteiger partial charge in [0.2, 0.25) is 0 Å². The summed E-state index contributed by atoms with van der Waals surface area (Å²) in [7, 11) is 0. The van der Waals surface area contributed by atoms with Crippen molar-refractivity contribution < 1.29 is 0 Å². The fourth-order valence-corrected chi connectivity index (χ4v) is 1.77. The van der Waals surface area contributed by atoms with E-state index in [1.807, 2.05) is 18.2 Å². The number of fused-ring (bicyclic) bond motifs is 1. The number of nitrogens with zero attached hydrogens (tertiary/aromatic N) is 1. The maximum absolute atomic E-state index is 5.97. The SMILES string of the molecule is NCc1cc2cccc(Cl)c2nc1Cl. The third kappa shape index (κ3) is 1.57. The van der Waals surface area contributed by atoms with E-state index in [4.69, 9.17) is 28.9 Å². The molecular weight excluding hydrogens is 219 g/mol. The van der Waals surface area contributed by atoms with Gasteiger partial charge in [0, 0.05) is 17.5 Å². The Labute approximate surface area is 91.6 Å². The van der Waals surface area contributed by atoms with Crippen LogP contribution in [0.4, 0.5) is 0 Å². The highest BCUT2D eigenvalue weighted by molar-refractivity contribution is 6.35. The summed E-state index contributed by atoms with van der Waals surface area (Å²) < 4.78 is 0. The zero-order chi connectivity index (χ0) is 10.1. The van der Waals surface area contributed by atoms with E-state index in [1.165, 1.54) is 0 Å².